The van der Waals surface area contributed by atoms with Crippen LogP contribution < -0.4 is 9.47 Å². The first kappa shape index (κ1) is 17.2. The van der Waals surface area contributed by atoms with Gasteiger partial charge in [0.05, 0.1) is 19.2 Å². The molecule has 0 aromatic carbocycles. The third-order valence-corrected chi connectivity index (χ3v) is 4.38. The van der Waals surface area contributed by atoms with Gasteiger partial charge < -0.3 is 18.9 Å². The normalized spacial score (nSPS) is 15.2. The molecule has 1 amide bonds. The van der Waals surface area contributed by atoms with Crippen molar-refractivity contribution in [1.82, 2.24) is 20.0 Å². The summed E-state index contributed by atoms with van der Waals surface area (Å²) in [6.07, 6.45) is 3.49. The number of aryl methyl sites for hydroxylation is 2. The number of nitrogens with zero attached hydrogens (tertiary/aromatic N) is 4. The van der Waals surface area contributed by atoms with Gasteiger partial charge in [-0.05, 0) is 13.8 Å². The van der Waals surface area contributed by atoms with E-state index in [1.54, 1.807) is 12.3 Å². The van der Waals surface area contributed by atoms with Crippen molar-refractivity contribution < 1.29 is 18.8 Å². The molecule has 1 fully saturated rings. The number of hydrogen-bond acceptors (Lipinski definition) is 7. The molecule has 0 spiro atoms. The van der Waals surface area contributed by atoms with Crippen LogP contribution >= 0.6 is 0 Å². The molecule has 0 unspecified atom stereocenters. The number of carbonyl (C=O) groups is 1. The van der Waals surface area contributed by atoms with E-state index in [0.29, 0.717) is 31.2 Å². The van der Waals surface area contributed by atoms with Gasteiger partial charge in [-0.15, -0.1) is 0 Å². The number of likely N-dealkylation sites (tertiary alicyclic amines) is 1. The van der Waals surface area contributed by atoms with Crippen LogP contribution in [0.15, 0.2) is 16.8 Å². The van der Waals surface area contributed by atoms with Crippen LogP contribution in [0.4, 0.5) is 0 Å². The summed E-state index contributed by atoms with van der Waals surface area (Å²) in [7, 11) is 1.52. The van der Waals surface area contributed by atoms with Crippen LogP contribution in [0.1, 0.15) is 29.9 Å². The van der Waals surface area contributed by atoms with Crippen molar-refractivity contribution in [3.8, 4) is 11.9 Å². The number of rotatable bonds is 5. The number of methoxy groups -OCH3 is 1. The highest BCUT2D eigenvalue weighted by molar-refractivity contribution is 5.79. The van der Waals surface area contributed by atoms with Crippen molar-refractivity contribution >= 4 is 5.91 Å². The Morgan fingerprint density at radius 2 is 2.12 bits per heavy atom. The van der Waals surface area contributed by atoms with Gasteiger partial charge in [-0.25, -0.2) is 4.98 Å². The molecule has 0 radical (unpaired) electrons. The van der Waals surface area contributed by atoms with Crippen molar-refractivity contribution in [1.29, 1.82) is 0 Å². The molecule has 3 rings (SSSR count). The van der Waals surface area contributed by atoms with E-state index in [1.807, 2.05) is 18.7 Å². The maximum absolute atomic E-state index is 12.5. The van der Waals surface area contributed by atoms with Gasteiger partial charge in [0, 0.05) is 43.8 Å². The van der Waals surface area contributed by atoms with Gasteiger partial charge in [-0.2, -0.15) is 4.98 Å². The number of carbonyl (C=O) groups excluding carboxylic acids is 1. The van der Waals surface area contributed by atoms with Gasteiger partial charge in [-0.1, -0.05) is 5.16 Å². The van der Waals surface area contributed by atoms with E-state index < -0.39 is 0 Å². The average molecular weight is 346 g/mol. The minimum atomic E-state index is 0.0303. The molecule has 0 aliphatic carbocycles. The first-order valence-electron chi connectivity index (χ1n) is 8.30. The van der Waals surface area contributed by atoms with Crippen molar-refractivity contribution in [3.05, 3.63) is 29.3 Å². The summed E-state index contributed by atoms with van der Waals surface area (Å²) in [6, 6.07) is 1.99. The molecule has 8 heteroatoms. The van der Waals surface area contributed by atoms with Gasteiger partial charge in [0.25, 0.3) is 0 Å². The summed E-state index contributed by atoms with van der Waals surface area (Å²) in [5, 5.41) is 3.90. The largest absolute Gasteiger partial charge is 0.474 e. The molecule has 1 saturated heterocycles. The quantitative estimate of drug-likeness (QED) is 0.814. The van der Waals surface area contributed by atoms with Gasteiger partial charge in [0.2, 0.25) is 11.8 Å². The lowest BCUT2D eigenvalue weighted by Crippen LogP contribution is -2.42. The van der Waals surface area contributed by atoms with Gasteiger partial charge in [0.15, 0.2) is 0 Å². The van der Waals surface area contributed by atoms with Crippen LogP contribution in [0.25, 0.3) is 0 Å². The van der Waals surface area contributed by atoms with E-state index in [9.17, 15) is 4.79 Å². The maximum Gasteiger partial charge on any atom is 0.319 e. The van der Waals surface area contributed by atoms with E-state index in [-0.39, 0.29) is 18.0 Å². The fraction of sp³-hybridized carbons (Fsp3) is 0.529. The third kappa shape index (κ3) is 4.07. The lowest BCUT2D eigenvalue weighted by molar-refractivity contribution is -0.132. The summed E-state index contributed by atoms with van der Waals surface area (Å²) in [5.74, 6) is 1.30. The van der Waals surface area contributed by atoms with Crippen molar-refractivity contribution in [3.63, 3.8) is 0 Å². The van der Waals surface area contributed by atoms with E-state index in [4.69, 9.17) is 14.0 Å². The lowest BCUT2D eigenvalue weighted by Gasteiger charge is -2.32. The van der Waals surface area contributed by atoms with Gasteiger partial charge in [0.1, 0.15) is 11.9 Å². The lowest BCUT2D eigenvalue weighted by atomic mass is 10.1. The monoisotopic (exact) mass is 346 g/mol. The molecule has 1 aliphatic heterocycles. The Bertz CT molecular complexity index is 718. The molecular weight excluding hydrogens is 324 g/mol. The van der Waals surface area contributed by atoms with E-state index in [2.05, 4.69) is 15.1 Å². The zero-order chi connectivity index (χ0) is 17.8. The Labute approximate surface area is 146 Å². The second kappa shape index (κ2) is 7.50. The maximum atomic E-state index is 12.5. The summed E-state index contributed by atoms with van der Waals surface area (Å²) >= 11 is 0. The summed E-state index contributed by atoms with van der Waals surface area (Å²) < 4.78 is 16.0. The Kier molecular flexibility index (Phi) is 5.16. The van der Waals surface area contributed by atoms with Crippen LogP contribution in [-0.2, 0) is 11.2 Å². The Morgan fingerprint density at radius 1 is 1.36 bits per heavy atom. The zero-order valence-corrected chi connectivity index (χ0v) is 14.7. The van der Waals surface area contributed by atoms with Crippen LogP contribution in [-0.4, -0.2) is 52.2 Å². The molecule has 2 aromatic rings. The first-order valence-corrected chi connectivity index (χ1v) is 8.30. The minimum Gasteiger partial charge on any atom is -0.474 e. The fourth-order valence-electron chi connectivity index (χ4n) is 2.90. The Balaban J connectivity index is 1.52. The van der Waals surface area contributed by atoms with E-state index in [1.165, 1.54) is 7.11 Å². The highest BCUT2D eigenvalue weighted by Crippen LogP contribution is 2.20. The van der Waals surface area contributed by atoms with Crippen LogP contribution in [0.3, 0.4) is 0 Å². The SMILES string of the molecule is COc1nccc(OC2CCN(C(=O)Cc3c(C)noc3C)CC2)n1. The standard InChI is InChI=1S/C17H22N4O4/c1-11-14(12(2)25-20-11)10-16(22)21-8-5-13(6-9-21)24-15-4-7-18-17(19-15)23-3/h4,7,13H,5-6,8-10H2,1-3H3. The van der Waals surface area contributed by atoms with Crippen LogP contribution in [0.2, 0.25) is 0 Å². The number of piperidine rings is 1. The van der Waals surface area contributed by atoms with Gasteiger partial charge in [-0.3, -0.25) is 4.79 Å². The smallest absolute Gasteiger partial charge is 0.319 e. The number of amides is 1. The van der Waals surface area contributed by atoms with E-state index >= 15 is 0 Å². The van der Waals surface area contributed by atoms with Crippen LogP contribution in [0, 0.1) is 13.8 Å². The predicted molar refractivity (Wildman–Crippen MR) is 88.5 cm³/mol. The number of ether oxygens (including phenoxy) is 2. The molecule has 25 heavy (non-hydrogen) atoms. The highest BCUT2D eigenvalue weighted by atomic mass is 16.5. The molecule has 0 bridgehead atoms. The molecule has 0 N–H and O–H groups in total. The summed E-state index contributed by atoms with van der Waals surface area (Å²) in [6.45, 7) is 5.01. The molecular formula is C17H22N4O4. The summed E-state index contributed by atoms with van der Waals surface area (Å²) in [4.78, 5) is 22.5. The Morgan fingerprint density at radius 3 is 2.76 bits per heavy atom. The first-order chi connectivity index (χ1) is 12.1. The van der Waals surface area contributed by atoms with Crippen LogP contribution in [0.5, 0.6) is 11.9 Å². The fourth-order valence-corrected chi connectivity index (χ4v) is 2.90. The number of hydrogen-bond donors (Lipinski definition) is 0. The molecule has 3 heterocycles. The highest BCUT2D eigenvalue weighted by Gasteiger charge is 2.25. The van der Waals surface area contributed by atoms with Crippen molar-refractivity contribution in [2.75, 3.05) is 20.2 Å². The number of aromatic nitrogens is 3. The zero-order valence-electron chi connectivity index (χ0n) is 14.7. The molecule has 1 aliphatic rings. The third-order valence-electron chi connectivity index (χ3n) is 4.38. The second-order valence-electron chi connectivity index (χ2n) is 6.06. The predicted octanol–water partition coefficient (Wildman–Crippen LogP) is 1.70. The second-order valence-corrected chi connectivity index (χ2v) is 6.06. The molecule has 0 saturated carbocycles. The van der Waals surface area contributed by atoms with E-state index in [0.717, 1.165) is 24.1 Å². The molecule has 0 atom stereocenters. The average Bonchev–Trinajstić information content (AvgIpc) is 2.94. The Hall–Kier alpha value is -2.64. The molecule has 134 valence electrons. The van der Waals surface area contributed by atoms with Crippen molar-refractivity contribution in [2.45, 2.75) is 39.2 Å². The summed E-state index contributed by atoms with van der Waals surface area (Å²) in [5.41, 5.74) is 1.67. The topological polar surface area (TPSA) is 90.6 Å². The molecule has 8 nitrogen and oxygen atoms in total. The molecule has 2 aromatic heterocycles. The minimum absolute atomic E-state index is 0.0303. The van der Waals surface area contributed by atoms with Gasteiger partial charge >= 0.3 is 6.01 Å². The van der Waals surface area contributed by atoms with Crippen molar-refractivity contribution in [2.24, 2.45) is 0 Å².